The molecule has 29 heavy (non-hydrogen) atoms. The van der Waals surface area contributed by atoms with Gasteiger partial charge in [-0.2, -0.15) is 10.1 Å². The van der Waals surface area contributed by atoms with E-state index in [0.717, 1.165) is 33.6 Å². The fourth-order valence-corrected chi connectivity index (χ4v) is 3.68. The molecule has 1 aliphatic rings. The number of amides is 1. The molecule has 3 aromatic rings. The summed E-state index contributed by atoms with van der Waals surface area (Å²) in [7, 11) is 3.51. The lowest BCUT2D eigenvalue weighted by atomic mass is 10.1. The molecule has 0 aliphatic heterocycles. The first-order valence-corrected chi connectivity index (χ1v) is 9.87. The summed E-state index contributed by atoms with van der Waals surface area (Å²) in [5.74, 6) is 1.51. The molecule has 1 atom stereocenters. The third kappa shape index (κ3) is 3.90. The Balaban J connectivity index is 1.44. The molecule has 2 heterocycles. The topological polar surface area (TPSA) is 78.3 Å². The van der Waals surface area contributed by atoms with Gasteiger partial charge in [-0.3, -0.25) is 9.48 Å². The number of fused-ring (bicyclic) bond motifs is 1. The smallest absolute Gasteiger partial charge is 0.258 e. The molecule has 4 rings (SSSR count). The number of pyridine rings is 1. The lowest BCUT2D eigenvalue weighted by Gasteiger charge is -2.17. The van der Waals surface area contributed by atoms with Gasteiger partial charge in [-0.05, 0) is 38.3 Å². The second kappa shape index (κ2) is 7.73. The van der Waals surface area contributed by atoms with Crippen molar-refractivity contribution < 1.29 is 14.3 Å². The van der Waals surface area contributed by atoms with Crippen molar-refractivity contribution in [2.24, 2.45) is 7.05 Å². The highest BCUT2D eigenvalue weighted by Crippen LogP contribution is 2.43. The minimum absolute atomic E-state index is 0.106. The normalized spacial score (nSPS) is 14.6. The lowest BCUT2D eigenvalue weighted by Crippen LogP contribution is -2.31. The van der Waals surface area contributed by atoms with Crippen molar-refractivity contribution in [1.29, 1.82) is 0 Å². The van der Waals surface area contributed by atoms with Gasteiger partial charge >= 0.3 is 0 Å². The molecule has 0 bridgehead atoms. The van der Waals surface area contributed by atoms with Crippen LogP contribution >= 0.6 is 0 Å². The zero-order valence-electron chi connectivity index (χ0n) is 17.2. The molecule has 1 aromatic carbocycles. The molecular formula is C22H26N4O3. The van der Waals surface area contributed by atoms with Gasteiger partial charge in [0.15, 0.2) is 12.3 Å². The van der Waals surface area contributed by atoms with Gasteiger partial charge in [0.2, 0.25) is 5.88 Å². The summed E-state index contributed by atoms with van der Waals surface area (Å²) in [5, 5.41) is 8.70. The standard InChI is InChI=1S/C22H26N4O3/c1-13-11-19(24-22-20(13)21(15-9-10-15)25-26(22)3)29-12-18(27)23-14(2)16-7-5-6-8-17(16)28-4/h5-8,11,14-15H,9-10,12H2,1-4H3,(H,23,27)/t14-/m0/s1. The first-order valence-electron chi connectivity index (χ1n) is 9.87. The predicted molar refractivity (Wildman–Crippen MR) is 110 cm³/mol. The monoisotopic (exact) mass is 394 g/mol. The lowest BCUT2D eigenvalue weighted by molar-refractivity contribution is -0.123. The maximum atomic E-state index is 12.4. The van der Waals surface area contributed by atoms with Crippen molar-refractivity contribution in [3.8, 4) is 11.6 Å². The van der Waals surface area contributed by atoms with E-state index in [9.17, 15) is 4.79 Å². The minimum Gasteiger partial charge on any atom is -0.496 e. The summed E-state index contributed by atoms with van der Waals surface area (Å²) in [6, 6.07) is 9.31. The zero-order valence-corrected chi connectivity index (χ0v) is 17.2. The van der Waals surface area contributed by atoms with Crippen LogP contribution in [-0.4, -0.2) is 34.4 Å². The Kier molecular flexibility index (Phi) is 5.13. The summed E-state index contributed by atoms with van der Waals surface area (Å²) >= 11 is 0. The molecule has 1 N–H and O–H groups in total. The molecule has 0 radical (unpaired) electrons. The van der Waals surface area contributed by atoms with Crippen LogP contribution in [-0.2, 0) is 11.8 Å². The van der Waals surface area contributed by atoms with Gasteiger partial charge in [0, 0.05) is 30.0 Å². The maximum Gasteiger partial charge on any atom is 0.258 e. The second-order valence-electron chi connectivity index (χ2n) is 7.58. The largest absolute Gasteiger partial charge is 0.496 e. The summed E-state index contributed by atoms with van der Waals surface area (Å²) < 4.78 is 12.9. The van der Waals surface area contributed by atoms with E-state index in [1.807, 2.05) is 51.2 Å². The predicted octanol–water partition coefficient (Wildman–Crippen LogP) is 3.42. The number of carbonyl (C=O) groups excluding carboxylic acids is 1. The Morgan fingerprint density at radius 1 is 1.34 bits per heavy atom. The van der Waals surface area contributed by atoms with E-state index in [2.05, 4.69) is 15.4 Å². The Bertz CT molecular complexity index is 1060. The second-order valence-corrected chi connectivity index (χ2v) is 7.58. The van der Waals surface area contributed by atoms with E-state index in [1.165, 1.54) is 12.8 Å². The maximum absolute atomic E-state index is 12.4. The molecule has 7 heteroatoms. The molecule has 1 amide bonds. The summed E-state index contributed by atoms with van der Waals surface area (Å²) in [6.07, 6.45) is 2.38. The van der Waals surface area contributed by atoms with Gasteiger partial charge in [0.05, 0.1) is 18.8 Å². The van der Waals surface area contributed by atoms with Gasteiger partial charge in [-0.1, -0.05) is 18.2 Å². The molecule has 1 fully saturated rings. The molecular weight excluding hydrogens is 368 g/mol. The van der Waals surface area contributed by atoms with E-state index in [0.29, 0.717) is 11.8 Å². The molecule has 2 aromatic heterocycles. The van der Waals surface area contributed by atoms with Crippen molar-refractivity contribution in [3.63, 3.8) is 0 Å². The molecule has 1 aliphatic carbocycles. The number of hydrogen-bond donors (Lipinski definition) is 1. The number of para-hydroxylation sites is 1. The highest BCUT2D eigenvalue weighted by molar-refractivity contribution is 5.84. The van der Waals surface area contributed by atoms with Crippen molar-refractivity contribution >= 4 is 16.9 Å². The van der Waals surface area contributed by atoms with Crippen LogP contribution in [0.4, 0.5) is 0 Å². The van der Waals surface area contributed by atoms with Crippen LogP contribution < -0.4 is 14.8 Å². The summed E-state index contributed by atoms with van der Waals surface area (Å²) in [4.78, 5) is 17.0. The number of aromatic nitrogens is 3. The fourth-order valence-electron chi connectivity index (χ4n) is 3.68. The van der Waals surface area contributed by atoms with Gasteiger partial charge in [-0.15, -0.1) is 0 Å². The molecule has 152 valence electrons. The fraction of sp³-hybridized carbons (Fsp3) is 0.409. The number of nitrogens with zero attached hydrogens (tertiary/aromatic N) is 3. The average molecular weight is 394 g/mol. The SMILES string of the molecule is COc1ccccc1[C@H](C)NC(=O)COc1cc(C)c2c(C3CC3)nn(C)c2n1. The van der Waals surface area contributed by atoms with Crippen molar-refractivity contribution in [1.82, 2.24) is 20.1 Å². The van der Waals surface area contributed by atoms with Crippen LogP contribution in [0.3, 0.4) is 0 Å². The quantitative estimate of drug-likeness (QED) is 0.664. The third-order valence-electron chi connectivity index (χ3n) is 5.29. The van der Waals surface area contributed by atoms with Gasteiger partial charge < -0.3 is 14.8 Å². The average Bonchev–Trinajstić information content (AvgIpc) is 3.50. The molecule has 0 spiro atoms. The van der Waals surface area contributed by atoms with Crippen molar-refractivity contribution in [2.45, 2.75) is 38.6 Å². The number of nitrogens with one attached hydrogen (secondary N) is 1. The van der Waals surface area contributed by atoms with Crippen LogP contribution in [0.15, 0.2) is 30.3 Å². The molecule has 1 saturated carbocycles. The number of rotatable bonds is 7. The van der Waals surface area contributed by atoms with E-state index in [1.54, 1.807) is 11.8 Å². The van der Waals surface area contributed by atoms with Gasteiger partial charge in [0.25, 0.3) is 5.91 Å². The third-order valence-corrected chi connectivity index (χ3v) is 5.29. The molecule has 0 unspecified atom stereocenters. The summed E-state index contributed by atoms with van der Waals surface area (Å²) in [6.45, 7) is 3.85. The van der Waals surface area contributed by atoms with E-state index in [4.69, 9.17) is 9.47 Å². The van der Waals surface area contributed by atoms with E-state index < -0.39 is 0 Å². The van der Waals surface area contributed by atoms with Crippen LogP contribution in [0.2, 0.25) is 0 Å². The van der Waals surface area contributed by atoms with Crippen molar-refractivity contribution in [3.05, 3.63) is 47.2 Å². The highest BCUT2D eigenvalue weighted by atomic mass is 16.5. The molecule has 0 saturated heterocycles. The Morgan fingerprint density at radius 3 is 2.83 bits per heavy atom. The van der Waals surface area contributed by atoms with E-state index >= 15 is 0 Å². The zero-order chi connectivity index (χ0) is 20.5. The van der Waals surface area contributed by atoms with Gasteiger partial charge in [-0.25, -0.2) is 0 Å². The summed E-state index contributed by atoms with van der Waals surface area (Å²) in [5.41, 5.74) is 3.91. The minimum atomic E-state index is -0.216. The van der Waals surface area contributed by atoms with Crippen LogP contribution in [0, 0.1) is 6.92 Å². The molecule has 7 nitrogen and oxygen atoms in total. The first kappa shape index (κ1) is 19.2. The highest BCUT2D eigenvalue weighted by Gasteiger charge is 2.30. The number of aryl methyl sites for hydroxylation is 2. The number of hydrogen-bond acceptors (Lipinski definition) is 5. The first-order chi connectivity index (χ1) is 14.0. The van der Waals surface area contributed by atoms with Crippen LogP contribution in [0.1, 0.15) is 48.5 Å². The van der Waals surface area contributed by atoms with Crippen LogP contribution in [0.5, 0.6) is 11.6 Å². The van der Waals surface area contributed by atoms with Crippen molar-refractivity contribution in [2.75, 3.05) is 13.7 Å². The van der Waals surface area contributed by atoms with Crippen LogP contribution in [0.25, 0.3) is 11.0 Å². The Morgan fingerprint density at radius 2 is 2.10 bits per heavy atom. The number of carbonyl (C=O) groups is 1. The van der Waals surface area contributed by atoms with Gasteiger partial charge in [0.1, 0.15) is 5.75 Å². The Hall–Kier alpha value is -3.09. The number of benzene rings is 1. The number of methoxy groups -OCH3 is 1. The van der Waals surface area contributed by atoms with E-state index in [-0.39, 0.29) is 18.6 Å². The Labute approximate surface area is 170 Å². The number of ether oxygens (including phenoxy) is 2.